The highest BCUT2D eigenvalue weighted by atomic mass is 35.5. The van der Waals surface area contributed by atoms with Crippen LogP contribution in [0.1, 0.15) is 12.5 Å². The van der Waals surface area contributed by atoms with E-state index in [4.69, 9.17) is 11.6 Å². The minimum Gasteiger partial charge on any atom is -0.468 e. The number of carbonyl (C=O) groups excluding carboxylic acids is 2. The maximum absolute atomic E-state index is 11.9. The fourth-order valence-corrected chi connectivity index (χ4v) is 1.64. The molecular weight excluding hydrogens is 266 g/mol. The Morgan fingerprint density at radius 3 is 2.63 bits per heavy atom. The number of methoxy groups -OCH3 is 1. The standard InChI is InChI=1S/C14H16ClNO3/c1-3-16(10-14(18)19-2)13(17)9-8-11-6-4-5-7-12(11)15/h4-9H,3,10H2,1-2H3/b9-8+. The van der Waals surface area contributed by atoms with Crippen LogP contribution in [-0.2, 0) is 14.3 Å². The third-order valence-corrected chi connectivity index (χ3v) is 2.90. The number of nitrogens with zero attached hydrogens (tertiary/aromatic N) is 1. The highest BCUT2D eigenvalue weighted by molar-refractivity contribution is 6.32. The number of amides is 1. The number of likely N-dealkylation sites (N-methyl/N-ethyl adjacent to an activating group) is 1. The zero-order valence-corrected chi connectivity index (χ0v) is 11.7. The van der Waals surface area contributed by atoms with Crippen LogP contribution in [-0.4, -0.2) is 37.0 Å². The SMILES string of the molecule is CCN(CC(=O)OC)C(=O)/C=C/c1ccccc1Cl. The van der Waals surface area contributed by atoms with Gasteiger partial charge in [0.25, 0.3) is 0 Å². The van der Waals surface area contributed by atoms with Crippen LogP contribution >= 0.6 is 11.6 Å². The van der Waals surface area contributed by atoms with Gasteiger partial charge in [-0.3, -0.25) is 9.59 Å². The normalized spacial score (nSPS) is 10.5. The maximum atomic E-state index is 11.9. The number of rotatable bonds is 5. The number of benzene rings is 1. The van der Waals surface area contributed by atoms with Gasteiger partial charge in [0.15, 0.2) is 0 Å². The van der Waals surface area contributed by atoms with E-state index in [2.05, 4.69) is 4.74 Å². The largest absolute Gasteiger partial charge is 0.468 e. The van der Waals surface area contributed by atoms with Gasteiger partial charge in [0.2, 0.25) is 5.91 Å². The van der Waals surface area contributed by atoms with Crippen LogP contribution in [0, 0.1) is 0 Å². The first-order chi connectivity index (χ1) is 9.08. The molecule has 0 heterocycles. The third kappa shape index (κ3) is 4.75. The predicted molar refractivity (Wildman–Crippen MR) is 74.8 cm³/mol. The molecule has 0 radical (unpaired) electrons. The Bertz CT molecular complexity index is 485. The summed E-state index contributed by atoms with van der Waals surface area (Å²) in [6, 6.07) is 7.21. The Balaban J connectivity index is 2.72. The number of halogens is 1. The molecule has 19 heavy (non-hydrogen) atoms. The van der Waals surface area contributed by atoms with E-state index in [0.29, 0.717) is 11.6 Å². The summed E-state index contributed by atoms with van der Waals surface area (Å²) in [5.41, 5.74) is 0.756. The molecule has 0 aliphatic rings. The van der Waals surface area contributed by atoms with E-state index < -0.39 is 5.97 Å². The van der Waals surface area contributed by atoms with Crippen LogP contribution < -0.4 is 0 Å². The van der Waals surface area contributed by atoms with Crippen molar-refractivity contribution < 1.29 is 14.3 Å². The van der Waals surface area contributed by atoms with Crippen molar-refractivity contribution in [2.24, 2.45) is 0 Å². The first-order valence-corrected chi connectivity index (χ1v) is 6.24. The fourth-order valence-electron chi connectivity index (χ4n) is 1.44. The predicted octanol–water partition coefficient (Wildman–Crippen LogP) is 2.37. The summed E-state index contributed by atoms with van der Waals surface area (Å²) < 4.78 is 4.54. The minimum atomic E-state index is -0.443. The van der Waals surface area contributed by atoms with Crippen molar-refractivity contribution in [3.63, 3.8) is 0 Å². The molecule has 0 saturated heterocycles. The van der Waals surface area contributed by atoms with E-state index in [1.165, 1.54) is 18.1 Å². The Hall–Kier alpha value is -1.81. The van der Waals surface area contributed by atoms with Gasteiger partial charge in [-0.2, -0.15) is 0 Å². The first-order valence-electron chi connectivity index (χ1n) is 5.86. The summed E-state index contributed by atoms with van der Waals surface area (Å²) in [7, 11) is 1.29. The molecule has 0 atom stereocenters. The van der Waals surface area contributed by atoms with Crippen LogP contribution in [0.5, 0.6) is 0 Å². The number of hydrogen-bond donors (Lipinski definition) is 0. The van der Waals surface area contributed by atoms with Crippen molar-refractivity contribution in [3.05, 3.63) is 40.9 Å². The fraction of sp³-hybridized carbons (Fsp3) is 0.286. The Labute approximate surface area is 117 Å². The Kier molecular flexibility index (Phi) is 6.09. The quantitative estimate of drug-likeness (QED) is 0.615. The molecule has 0 aliphatic carbocycles. The van der Waals surface area contributed by atoms with Crippen LogP contribution in [0.2, 0.25) is 5.02 Å². The highest BCUT2D eigenvalue weighted by Crippen LogP contribution is 2.16. The van der Waals surface area contributed by atoms with Gasteiger partial charge in [-0.25, -0.2) is 0 Å². The molecule has 102 valence electrons. The molecule has 5 heteroatoms. The van der Waals surface area contributed by atoms with Crippen molar-refractivity contribution in [3.8, 4) is 0 Å². The maximum Gasteiger partial charge on any atom is 0.325 e. The lowest BCUT2D eigenvalue weighted by Crippen LogP contribution is -2.34. The minimum absolute atomic E-state index is 0.0569. The van der Waals surface area contributed by atoms with E-state index in [1.807, 2.05) is 18.2 Å². The first kappa shape index (κ1) is 15.2. The monoisotopic (exact) mass is 281 g/mol. The van der Waals surface area contributed by atoms with Gasteiger partial charge in [-0.15, -0.1) is 0 Å². The molecule has 0 aromatic heterocycles. The van der Waals surface area contributed by atoms with Crippen LogP contribution in [0.15, 0.2) is 30.3 Å². The summed E-state index contributed by atoms with van der Waals surface area (Å²) in [5, 5.41) is 0.572. The van der Waals surface area contributed by atoms with Gasteiger partial charge in [0, 0.05) is 17.6 Å². The molecule has 0 bridgehead atoms. The summed E-state index contributed by atoms with van der Waals surface area (Å²) in [6.07, 6.45) is 3.03. The van der Waals surface area contributed by atoms with Crippen molar-refractivity contribution in [1.29, 1.82) is 0 Å². The molecule has 1 aromatic carbocycles. The summed E-state index contributed by atoms with van der Waals surface area (Å²) in [4.78, 5) is 24.4. The van der Waals surface area contributed by atoms with Crippen molar-refractivity contribution in [2.75, 3.05) is 20.2 Å². The summed E-state index contributed by atoms with van der Waals surface area (Å²) in [5.74, 6) is -0.700. The summed E-state index contributed by atoms with van der Waals surface area (Å²) in [6.45, 7) is 2.17. The van der Waals surface area contributed by atoms with Gasteiger partial charge in [0.1, 0.15) is 6.54 Å². The topological polar surface area (TPSA) is 46.6 Å². The molecular formula is C14H16ClNO3. The van der Waals surface area contributed by atoms with Crippen LogP contribution in [0.4, 0.5) is 0 Å². The molecule has 0 unspecified atom stereocenters. The molecule has 0 saturated carbocycles. The van der Waals surface area contributed by atoms with Gasteiger partial charge >= 0.3 is 5.97 Å². The second-order valence-corrected chi connectivity index (χ2v) is 4.19. The van der Waals surface area contributed by atoms with Gasteiger partial charge in [-0.1, -0.05) is 29.8 Å². The Morgan fingerprint density at radius 2 is 2.05 bits per heavy atom. The number of hydrogen-bond acceptors (Lipinski definition) is 3. The van der Waals surface area contributed by atoms with E-state index >= 15 is 0 Å². The van der Waals surface area contributed by atoms with Crippen LogP contribution in [0.3, 0.4) is 0 Å². The van der Waals surface area contributed by atoms with Gasteiger partial charge < -0.3 is 9.64 Å². The van der Waals surface area contributed by atoms with E-state index in [9.17, 15) is 9.59 Å². The van der Waals surface area contributed by atoms with Gasteiger partial charge in [0.05, 0.1) is 7.11 Å². The number of carbonyl (C=O) groups is 2. The van der Waals surface area contributed by atoms with E-state index in [-0.39, 0.29) is 12.5 Å². The molecule has 1 rings (SSSR count). The second-order valence-electron chi connectivity index (χ2n) is 3.78. The molecule has 4 nitrogen and oxygen atoms in total. The van der Waals surface area contributed by atoms with Crippen molar-refractivity contribution in [1.82, 2.24) is 4.90 Å². The third-order valence-electron chi connectivity index (χ3n) is 2.55. The molecule has 0 fully saturated rings. The average Bonchev–Trinajstić information content (AvgIpc) is 2.43. The highest BCUT2D eigenvalue weighted by Gasteiger charge is 2.13. The summed E-state index contributed by atoms with van der Waals surface area (Å²) >= 11 is 5.98. The van der Waals surface area contributed by atoms with Crippen molar-refractivity contribution in [2.45, 2.75) is 6.92 Å². The smallest absolute Gasteiger partial charge is 0.325 e. The number of esters is 1. The number of ether oxygens (including phenoxy) is 1. The average molecular weight is 282 g/mol. The lowest BCUT2D eigenvalue weighted by molar-refractivity contribution is -0.145. The van der Waals surface area contributed by atoms with E-state index in [1.54, 1.807) is 19.1 Å². The lowest BCUT2D eigenvalue weighted by atomic mass is 10.2. The molecule has 1 aromatic rings. The van der Waals surface area contributed by atoms with Gasteiger partial charge in [-0.05, 0) is 24.6 Å². The molecule has 1 amide bonds. The Morgan fingerprint density at radius 1 is 1.37 bits per heavy atom. The zero-order chi connectivity index (χ0) is 14.3. The van der Waals surface area contributed by atoms with E-state index in [0.717, 1.165) is 5.56 Å². The van der Waals surface area contributed by atoms with Crippen molar-refractivity contribution >= 4 is 29.6 Å². The molecule has 0 spiro atoms. The zero-order valence-electron chi connectivity index (χ0n) is 10.9. The molecule has 0 N–H and O–H groups in total. The lowest BCUT2D eigenvalue weighted by Gasteiger charge is -2.17. The van der Waals surface area contributed by atoms with Crippen LogP contribution in [0.25, 0.3) is 6.08 Å². The second kappa shape index (κ2) is 7.59. The molecule has 0 aliphatic heterocycles.